The van der Waals surface area contributed by atoms with E-state index in [-0.39, 0.29) is 11.9 Å². The highest BCUT2D eigenvalue weighted by Gasteiger charge is 2.26. The maximum Gasteiger partial charge on any atom is 0.278 e. The van der Waals surface area contributed by atoms with E-state index >= 15 is 0 Å². The van der Waals surface area contributed by atoms with Gasteiger partial charge in [0.1, 0.15) is 0 Å². The molecule has 5 nitrogen and oxygen atoms in total. The number of nitrogens with one attached hydrogen (secondary N) is 2. The topological polar surface area (TPSA) is 52.0 Å². The molecule has 0 bridgehead atoms. The van der Waals surface area contributed by atoms with E-state index in [0.717, 1.165) is 25.1 Å². The molecule has 0 saturated carbocycles. The van der Waals surface area contributed by atoms with Crippen molar-refractivity contribution in [2.75, 3.05) is 27.3 Å². The molecule has 2 N–H and O–H groups in total. The molecule has 2 atom stereocenters. The quantitative estimate of drug-likeness (QED) is 0.772. The molecule has 2 aromatic rings. The first-order valence-corrected chi connectivity index (χ1v) is 9.70. The van der Waals surface area contributed by atoms with E-state index in [0.29, 0.717) is 18.0 Å². The van der Waals surface area contributed by atoms with Gasteiger partial charge in [-0.1, -0.05) is 36.4 Å². The summed E-state index contributed by atoms with van der Waals surface area (Å²) >= 11 is 0. The Morgan fingerprint density at radius 3 is 2.50 bits per heavy atom. The maximum absolute atomic E-state index is 12.6. The zero-order valence-corrected chi connectivity index (χ0v) is 16.8. The van der Waals surface area contributed by atoms with Gasteiger partial charge in [0.25, 0.3) is 5.91 Å². The minimum atomic E-state index is -0.0892. The number of methoxy groups -OCH3 is 2. The maximum atomic E-state index is 12.6. The van der Waals surface area contributed by atoms with Crippen molar-refractivity contribution in [1.82, 2.24) is 5.32 Å². The fourth-order valence-corrected chi connectivity index (χ4v) is 3.58. The number of benzene rings is 2. The molecule has 3 rings (SSSR count). The Hall–Kier alpha value is -2.79. The van der Waals surface area contributed by atoms with Gasteiger partial charge >= 0.3 is 0 Å². The Bertz CT molecular complexity index is 833. The summed E-state index contributed by atoms with van der Waals surface area (Å²) in [5, 5.41) is 3.05. The summed E-state index contributed by atoms with van der Waals surface area (Å²) in [6.45, 7) is 4.31. The molecule has 0 spiro atoms. The zero-order valence-electron chi connectivity index (χ0n) is 16.8. The molecule has 0 saturated heterocycles. The average molecular weight is 381 g/mol. The van der Waals surface area contributed by atoms with Crippen LogP contribution in [0.2, 0.25) is 0 Å². The lowest BCUT2D eigenvalue weighted by atomic mass is 9.99. The largest absolute Gasteiger partial charge is 0.493 e. The molecule has 2 aromatic carbocycles. The summed E-state index contributed by atoms with van der Waals surface area (Å²) in [5.41, 5.74) is 3.65. The van der Waals surface area contributed by atoms with Crippen LogP contribution >= 0.6 is 0 Å². The lowest BCUT2D eigenvalue weighted by Gasteiger charge is -2.28. The van der Waals surface area contributed by atoms with Gasteiger partial charge in [-0.15, -0.1) is 0 Å². The first-order chi connectivity index (χ1) is 13.6. The minimum Gasteiger partial charge on any atom is -0.493 e. The van der Waals surface area contributed by atoms with Crippen LogP contribution in [0.4, 0.5) is 0 Å². The second-order valence-electron chi connectivity index (χ2n) is 7.09. The second-order valence-corrected chi connectivity index (χ2v) is 7.09. The van der Waals surface area contributed by atoms with Crippen molar-refractivity contribution in [3.63, 3.8) is 0 Å². The molecule has 1 aliphatic heterocycles. The van der Waals surface area contributed by atoms with Crippen LogP contribution in [0.5, 0.6) is 11.5 Å². The molecular formula is C23H29N2O3+. The lowest BCUT2D eigenvalue weighted by molar-refractivity contribution is -0.909. The third-order valence-corrected chi connectivity index (χ3v) is 5.39. The first kappa shape index (κ1) is 20.0. The number of rotatable bonds is 7. The molecule has 0 aliphatic carbocycles. The van der Waals surface area contributed by atoms with Crippen LogP contribution in [0.3, 0.4) is 0 Å². The number of carbonyl (C=O) groups excluding carboxylic acids is 1. The Kier molecular flexibility index (Phi) is 6.71. The summed E-state index contributed by atoms with van der Waals surface area (Å²) in [4.78, 5) is 13.9. The predicted octanol–water partition coefficient (Wildman–Crippen LogP) is 2.08. The smallest absolute Gasteiger partial charge is 0.278 e. The first-order valence-electron chi connectivity index (χ1n) is 9.70. The van der Waals surface area contributed by atoms with Crippen molar-refractivity contribution in [2.45, 2.75) is 25.9 Å². The molecular weight excluding hydrogens is 352 g/mol. The zero-order chi connectivity index (χ0) is 19.9. The van der Waals surface area contributed by atoms with Crippen molar-refractivity contribution in [3.8, 4) is 11.5 Å². The van der Waals surface area contributed by atoms with E-state index in [2.05, 4.69) is 35.7 Å². The van der Waals surface area contributed by atoms with Gasteiger partial charge in [0.2, 0.25) is 0 Å². The van der Waals surface area contributed by atoms with Crippen LogP contribution in [0.1, 0.15) is 24.5 Å². The molecule has 1 amide bonds. The molecule has 0 fully saturated rings. The fourth-order valence-electron chi connectivity index (χ4n) is 3.58. The van der Waals surface area contributed by atoms with Crippen LogP contribution < -0.4 is 19.7 Å². The fraction of sp³-hybridized carbons (Fsp3) is 0.348. The van der Waals surface area contributed by atoms with Gasteiger partial charge in [-0.05, 0) is 41.8 Å². The molecule has 148 valence electrons. The Morgan fingerprint density at radius 2 is 1.86 bits per heavy atom. The molecule has 1 unspecified atom stereocenters. The van der Waals surface area contributed by atoms with Gasteiger partial charge in [-0.2, -0.15) is 0 Å². The van der Waals surface area contributed by atoms with Crippen molar-refractivity contribution >= 4 is 11.5 Å². The van der Waals surface area contributed by atoms with Gasteiger partial charge < -0.3 is 19.7 Å². The van der Waals surface area contributed by atoms with Crippen LogP contribution in [0.15, 0.2) is 54.6 Å². The molecule has 1 aliphatic rings. The van der Waals surface area contributed by atoms with Crippen molar-refractivity contribution in [3.05, 3.63) is 65.7 Å². The molecule has 5 heteroatoms. The van der Waals surface area contributed by atoms with E-state index in [1.165, 1.54) is 16.0 Å². The minimum absolute atomic E-state index is 0.0707. The second kappa shape index (κ2) is 9.42. The summed E-state index contributed by atoms with van der Waals surface area (Å²) in [5.74, 6) is 1.42. The van der Waals surface area contributed by atoms with Crippen LogP contribution in [0, 0.1) is 0 Å². The van der Waals surface area contributed by atoms with Crippen molar-refractivity contribution in [2.24, 2.45) is 0 Å². The predicted molar refractivity (Wildman–Crippen MR) is 111 cm³/mol. The van der Waals surface area contributed by atoms with E-state index in [9.17, 15) is 4.79 Å². The third-order valence-electron chi connectivity index (χ3n) is 5.39. The van der Waals surface area contributed by atoms with Crippen molar-refractivity contribution in [1.29, 1.82) is 0 Å². The summed E-state index contributed by atoms with van der Waals surface area (Å²) in [7, 11) is 3.22. The Morgan fingerprint density at radius 1 is 1.11 bits per heavy atom. The number of quaternary nitrogens is 1. The highest BCUT2D eigenvalue weighted by Crippen LogP contribution is 2.27. The van der Waals surface area contributed by atoms with Crippen molar-refractivity contribution < 1.29 is 19.2 Å². The molecule has 1 heterocycles. The number of amides is 1. The molecule has 28 heavy (non-hydrogen) atoms. The molecule has 0 aromatic heterocycles. The Balaban J connectivity index is 1.55. The highest BCUT2D eigenvalue weighted by molar-refractivity contribution is 5.80. The van der Waals surface area contributed by atoms with Gasteiger partial charge in [0, 0.05) is 13.0 Å². The number of hydrogen-bond acceptors (Lipinski definition) is 3. The van der Waals surface area contributed by atoms with E-state index < -0.39 is 0 Å². The summed E-state index contributed by atoms with van der Waals surface area (Å²) < 4.78 is 10.6. The monoisotopic (exact) mass is 381 g/mol. The third kappa shape index (κ3) is 4.73. The Labute approximate surface area is 167 Å². The highest BCUT2D eigenvalue weighted by atomic mass is 16.5. The van der Waals surface area contributed by atoms with Gasteiger partial charge in [-0.3, -0.25) is 4.79 Å². The van der Waals surface area contributed by atoms with E-state index in [4.69, 9.17) is 9.47 Å². The van der Waals surface area contributed by atoms with Gasteiger partial charge in [0.05, 0.1) is 27.3 Å². The van der Waals surface area contributed by atoms with Gasteiger partial charge in [-0.25, -0.2) is 0 Å². The van der Waals surface area contributed by atoms with E-state index in [1.54, 1.807) is 14.2 Å². The average Bonchev–Trinajstić information content (AvgIpc) is 2.77. The van der Waals surface area contributed by atoms with Crippen LogP contribution in [0.25, 0.3) is 5.57 Å². The molecule has 0 radical (unpaired) electrons. The van der Waals surface area contributed by atoms with Gasteiger partial charge in [0.15, 0.2) is 17.5 Å². The summed E-state index contributed by atoms with van der Waals surface area (Å²) in [6.07, 6.45) is 3.26. The number of hydrogen-bond donors (Lipinski definition) is 2. The standard InChI is InChI=1S/C23H28N2O3/c1-17(25-13-11-20(12-14-25)19-7-5-4-6-8-19)23(26)24-16-18-9-10-21(27-2)22(15-18)28-3/h4-11,15,17H,12-14,16H2,1-3H3,(H,24,26)/p+1/t17-/m0/s1. The van der Waals surface area contributed by atoms with E-state index in [1.807, 2.05) is 31.2 Å². The number of carbonyl (C=O) groups is 1. The lowest BCUT2D eigenvalue weighted by Crippen LogP contribution is -3.17. The van der Waals surface area contributed by atoms with Crippen LogP contribution in [-0.2, 0) is 11.3 Å². The SMILES string of the molecule is COc1ccc(CNC(=O)[C@H](C)[NH+]2CC=C(c3ccccc3)CC2)cc1OC. The van der Waals surface area contributed by atoms with Crippen LogP contribution in [-0.4, -0.2) is 39.3 Å². The summed E-state index contributed by atoms with van der Waals surface area (Å²) in [6, 6.07) is 16.1. The number of ether oxygens (including phenoxy) is 2. The normalized spacial score (nSPS) is 17.4.